The number of rotatable bonds is 8. The molecule has 1 unspecified atom stereocenters. The number of methoxy groups -OCH3 is 1. The van der Waals surface area contributed by atoms with Gasteiger partial charge < -0.3 is 14.2 Å². The molecule has 0 saturated carbocycles. The highest BCUT2D eigenvalue weighted by Crippen LogP contribution is 2.41. The van der Waals surface area contributed by atoms with Crippen molar-refractivity contribution < 1.29 is 33.5 Å². The van der Waals surface area contributed by atoms with Crippen molar-refractivity contribution in [2.75, 3.05) is 13.4 Å². The molecule has 1 heterocycles. The first-order valence-electron chi connectivity index (χ1n) is 9.30. The molecule has 31 heavy (non-hydrogen) atoms. The number of nitro benzene ring substituents is 1. The molecule has 0 aliphatic carbocycles. The van der Waals surface area contributed by atoms with Crippen molar-refractivity contribution in [3.63, 3.8) is 0 Å². The first-order valence-corrected chi connectivity index (χ1v) is 10.6. The maximum Gasteiger partial charge on any atom is 0.508 e. The van der Waals surface area contributed by atoms with Gasteiger partial charge in [0.25, 0.3) is 5.69 Å². The number of likely N-dealkylation sites (tertiary alicyclic amines) is 1. The van der Waals surface area contributed by atoms with Crippen LogP contribution in [0, 0.1) is 16.0 Å². The van der Waals surface area contributed by atoms with E-state index in [0.717, 1.165) is 0 Å². The molecule has 0 bridgehead atoms. The van der Waals surface area contributed by atoms with Crippen LogP contribution in [0.3, 0.4) is 0 Å². The third-order valence-electron chi connectivity index (χ3n) is 4.71. The van der Waals surface area contributed by atoms with Crippen LogP contribution in [-0.4, -0.2) is 52.7 Å². The Morgan fingerprint density at radius 3 is 2.35 bits per heavy atom. The van der Waals surface area contributed by atoms with E-state index in [9.17, 15) is 24.5 Å². The second kappa shape index (κ2) is 10.3. The van der Waals surface area contributed by atoms with Gasteiger partial charge in [-0.15, -0.1) is 11.8 Å². The van der Waals surface area contributed by atoms with Crippen LogP contribution in [0.5, 0.6) is 0 Å². The number of carbonyl (C=O) groups is 3. The van der Waals surface area contributed by atoms with Gasteiger partial charge in [0.1, 0.15) is 24.3 Å². The monoisotopic (exact) mass is 452 g/mol. The molecular weight excluding hydrogens is 428 g/mol. The van der Waals surface area contributed by atoms with Crippen LogP contribution in [0.25, 0.3) is 0 Å². The fraction of sp³-hybridized carbons (Fsp3) is 0.450. The number of non-ortho nitro benzene ring substituents is 1. The van der Waals surface area contributed by atoms with Crippen molar-refractivity contribution in [1.29, 1.82) is 0 Å². The summed E-state index contributed by atoms with van der Waals surface area (Å²) in [6, 6.07) is 5.55. The Morgan fingerprint density at radius 1 is 1.26 bits per heavy atom. The molecule has 0 aromatic heterocycles. The zero-order chi connectivity index (χ0) is 23.3. The third kappa shape index (κ3) is 5.35. The molecule has 1 aromatic rings. The highest BCUT2D eigenvalue weighted by molar-refractivity contribution is 7.99. The lowest BCUT2D eigenvalue weighted by molar-refractivity contribution is -0.384. The Morgan fingerprint density at radius 2 is 1.87 bits per heavy atom. The SMILES string of the molecule is COC(=O)C(=C(C)C)N1C(=O)[C@H](C(C)OC(=O)OCc2ccc([N+](=O)[O-])cc2)[C@H]1SC. The van der Waals surface area contributed by atoms with Gasteiger partial charge in [0, 0.05) is 12.1 Å². The van der Waals surface area contributed by atoms with E-state index in [-0.39, 0.29) is 23.9 Å². The normalized spacial score (nSPS) is 18.5. The molecule has 1 fully saturated rings. The lowest BCUT2D eigenvalue weighted by Crippen LogP contribution is -2.63. The van der Waals surface area contributed by atoms with Crippen LogP contribution in [0.15, 0.2) is 35.5 Å². The number of thioether (sulfide) groups is 1. The number of hydrogen-bond acceptors (Lipinski definition) is 9. The second-order valence-corrected chi connectivity index (χ2v) is 7.94. The molecule has 0 N–H and O–H groups in total. The van der Waals surface area contributed by atoms with Crippen molar-refractivity contribution in [3.8, 4) is 0 Å². The Hall–Kier alpha value is -3.08. The number of benzene rings is 1. The number of ether oxygens (including phenoxy) is 3. The summed E-state index contributed by atoms with van der Waals surface area (Å²) in [7, 11) is 1.24. The van der Waals surface area contributed by atoms with Crippen LogP contribution in [0.4, 0.5) is 10.5 Å². The van der Waals surface area contributed by atoms with Gasteiger partial charge in [-0.3, -0.25) is 19.8 Å². The van der Waals surface area contributed by atoms with Gasteiger partial charge in [0.15, 0.2) is 0 Å². The van der Waals surface area contributed by atoms with Crippen LogP contribution in [0.1, 0.15) is 26.3 Å². The van der Waals surface area contributed by atoms with Crippen molar-refractivity contribution >= 4 is 35.5 Å². The van der Waals surface area contributed by atoms with E-state index in [1.807, 2.05) is 0 Å². The van der Waals surface area contributed by atoms with Crippen LogP contribution in [0.2, 0.25) is 0 Å². The second-order valence-electron chi connectivity index (χ2n) is 6.99. The van der Waals surface area contributed by atoms with Crippen molar-refractivity contribution in [2.24, 2.45) is 5.92 Å². The summed E-state index contributed by atoms with van der Waals surface area (Å²) in [6.45, 7) is 4.86. The summed E-state index contributed by atoms with van der Waals surface area (Å²) in [5, 5.41) is 10.3. The standard InChI is InChI=1S/C20H24N2O8S/c1-11(2)16(19(24)28-4)21-17(23)15(18(21)31-5)12(3)30-20(25)29-10-13-6-8-14(9-7-13)22(26)27/h6-9,12,15,18H,10H2,1-5H3/t12?,15-,18+/m0/s1. The number of amides is 1. The van der Waals surface area contributed by atoms with E-state index in [1.54, 1.807) is 27.0 Å². The number of β-lactam (4-membered cyclic amide) rings is 1. The van der Waals surface area contributed by atoms with Crippen molar-refractivity contribution in [2.45, 2.75) is 38.9 Å². The molecule has 1 amide bonds. The molecule has 168 valence electrons. The summed E-state index contributed by atoms with van der Waals surface area (Å²) >= 11 is 1.35. The molecule has 1 aliphatic heterocycles. The molecule has 1 aromatic carbocycles. The van der Waals surface area contributed by atoms with E-state index in [1.165, 1.54) is 48.0 Å². The maximum atomic E-state index is 12.8. The minimum absolute atomic E-state index is 0.0706. The molecule has 11 heteroatoms. The highest BCUT2D eigenvalue weighted by atomic mass is 32.2. The lowest BCUT2D eigenvalue weighted by Gasteiger charge is -2.48. The number of nitrogens with zero attached hydrogens (tertiary/aromatic N) is 2. The first-order chi connectivity index (χ1) is 14.6. The minimum Gasteiger partial charge on any atom is -0.464 e. The summed E-state index contributed by atoms with van der Waals surface area (Å²) in [5.74, 6) is -1.61. The predicted molar refractivity (Wildman–Crippen MR) is 112 cm³/mol. The molecule has 2 rings (SSSR count). The van der Waals surface area contributed by atoms with E-state index < -0.39 is 34.4 Å². The fourth-order valence-electron chi connectivity index (χ4n) is 3.16. The maximum absolute atomic E-state index is 12.8. The largest absolute Gasteiger partial charge is 0.508 e. The van der Waals surface area contributed by atoms with Gasteiger partial charge in [-0.2, -0.15) is 0 Å². The molecule has 0 spiro atoms. The Labute approximate surface area is 183 Å². The predicted octanol–water partition coefficient (Wildman–Crippen LogP) is 3.25. The smallest absolute Gasteiger partial charge is 0.464 e. The number of allylic oxidation sites excluding steroid dienone is 1. The summed E-state index contributed by atoms with van der Waals surface area (Å²) in [4.78, 5) is 48.4. The lowest BCUT2D eigenvalue weighted by atomic mass is 9.91. The number of carbonyl (C=O) groups excluding carboxylic acids is 3. The zero-order valence-corrected chi connectivity index (χ0v) is 18.6. The molecule has 1 saturated heterocycles. The molecule has 3 atom stereocenters. The van der Waals surface area contributed by atoms with E-state index in [4.69, 9.17) is 14.2 Å². The number of nitro groups is 1. The Bertz CT molecular complexity index is 895. The van der Waals surface area contributed by atoms with Crippen LogP contribution in [-0.2, 0) is 30.4 Å². The molecular formula is C20H24N2O8S. The average Bonchev–Trinajstić information content (AvgIpc) is 2.73. The topological polar surface area (TPSA) is 125 Å². The van der Waals surface area contributed by atoms with Gasteiger partial charge in [-0.25, -0.2) is 9.59 Å². The quantitative estimate of drug-likeness (QED) is 0.192. The summed E-state index contributed by atoms with van der Waals surface area (Å²) in [5.41, 5.74) is 1.29. The minimum atomic E-state index is -0.965. The van der Waals surface area contributed by atoms with Gasteiger partial charge in [-0.05, 0) is 50.3 Å². The Balaban J connectivity index is 1.98. The van der Waals surface area contributed by atoms with Crippen LogP contribution < -0.4 is 0 Å². The fourth-order valence-corrected chi connectivity index (χ4v) is 4.21. The number of hydrogen-bond donors (Lipinski definition) is 0. The van der Waals surface area contributed by atoms with E-state index in [0.29, 0.717) is 11.1 Å². The van der Waals surface area contributed by atoms with E-state index in [2.05, 4.69) is 0 Å². The Kier molecular flexibility index (Phi) is 8.03. The number of esters is 1. The highest BCUT2D eigenvalue weighted by Gasteiger charge is 2.54. The summed E-state index contributed by atoms with van der Waals surface area (Å²) < 4.78 is 15.1. The first kappa shape index (κ1) is 24.2. The van der Waals surface area contributed by atoms with Gasteiger partial charge in [0.2, 0.25) is 5.91 Å². The van der Waals surface area contributed by atoms with Gasteiger partial charge >= 0.3 is 12.1 Å². The summed E-state index contributed by atoms with van der Waals surface area (Å²) in [6.07, 6.45) is 0.0328. The van der Waals surface area contributed by atoms with E-state index >= 15 is 0 Å². The van der Waals surface area contributed by atoms with Gasteiger partial charge in [0.05, 0.1) is 17.4 Å². The van der Waals surface area contributed by atoms with Crippen LogP contribution >= 0.6 is 11.8 Å². The van der Waals surface area contributed by atoms with Crippen molar-refractivity contribution in [3.05, 3.63) is 51.2 Å². The zero-order valence-electron chi connectivity index (χ0n) is 17.8. The third-order valence-corrected chi connectivity index (χ3v) is 5.70. The molecule has 1 aliphatic rings. The van der Waals surface area contributed by atoms with Crippen molar-refractivity contribution in [1.82, 2.24) is 4.90 Å². The average molecular weight is 452 g/mol. The molecule has 0 radical (unpaired) electrons. The van der Waals surface area contributed by atoms with Gasteiger partial charge in [-0.1, -0.05) is 0 Å². The molecule has 10 nitrogen and oxygen atoms in total.